The molecule has 3 rings (SSSR count). The van der Waals surface area contributed by atoms with Gasteiger partial charge in [-0.1, -0.05) is 12.1 Å². The molecular weight excluding hydrogens is 345 g/mol. The van der Waals surface area contributed by atoms with Gasteiger partial charge in [0.2, 0.25) is 0 Å². The number of guanidine groups is 1. The number of hydrogen-bond acceptors (Lipinski definition) is 4. The van der Waals surface area contributed by atoms with Crippen LogP contribution in [0.5, 0.6) is 0 Å². The standard InChI is InChI=1S/C20H32FN5O/c1-22-20(23-14-18-4-3-9-25(18)2)24-15-19(26-10-12-27-13-11-26)16-5-7-17(21)8-6-16/h5-8,18-19H,3-4,9-15H2,1-2H3,(H2,22,23,24). The van der Waals surface area contributed by atoms with E-state index in [0.29, 0.717) is 12.6 Å². The first-order valence-corrected chi connectivity index (χ1v) is 9.89. The number of halogens is 1. The second-order valence-corrected chi connectivity index (χ2v) is 7.33. The number of benzene rings is 1. The molecule has 2 fully saturated rings. The highest BCUT2D eigenvalue weighted by molar-refractivity contribution is 5.79. The third kappa shape index (κ3) is 5.64. The van der Waals surface area contributed by atoms with E-state index in [1.54, 1.807) is 7.05 Å². The Morgan fingerprint density at radius 3 is 2.59 bits per heavy atom. The van der Waals surface area contributed by atoms with Crippen LogP contribution in [-0.4, -0.2) is 81.8 Å². The molecule has 2 N–H and O–H groups in total. The van der Waals surface area contributed by atoms with Crippen molar-refractivity contribution in [3.05, 3.63) is 35.6 Å². The van der Waals surface area contributed by atoms with Crippen LogP contribution in [0.15, 0.2) is 29.3 Å². The summed E-state index contributed by atoms with van der Waals surface area (Å²) in [5.41, 5.74) is 1.11. The van der Waals surface area contributed by atoms with Gasteiger partial charge in [-0.15, -0.1) is 0 Å². The van der Waals surface area contributed by atoms with Gasteiger partial charge in [0.1, 0.15) is 5.82 Å². The van der Waals surface area contributed by atoms with Gasteiger partial charge < -0.3 is 20.3 Å². The molecule has 2 atom stereocenters. The van der Waals surface area contributed by atoms with Crippen molar-refractivity contribution >= 4 is 5.96 Å². The second-order valence-electron chi connectivity index (χ2n) is 7.33. The highest BCUT2D eigenvalue weighted by Crippen LogP contribution is 2.21. The Morgan fingerprint density at radius 1 is 1.22 bits per heavy atom. The molecule has 0 radical (unpaired) electrons. The van der Waals surface area contributed by atoms with Crippen LogP contribution in [0.4, 0.5) is 4.39 Å². The molecule has 0 saturated carbocycles. The van der Waals surface area contributed by atoms with E-state index in [0.717, 1.165) is 44.4 Å². The van der Waals surface area contributed by atoms with E-state index < -0.39 is 0 Å². The summed E-state index contributed by atoms with van der Waals surface area (Å²) in [6, 6.07) is 7.54. The quantitative estimate of drug-likeness (QED) is 0.581. The number of nitrogens with zero attached hydrogens (tertiary/aromatic N) is 3. The van der Waals surface area contributed by atoms with Crippen LogP contribution in [0.25, 0.3) is 0 Å². The summed E-state index contributed by atoms with van der Waals surface area (Å²) in [7, 11) is 3.98. The van der Waals surface area contributed by atoms with Gasteiger partial charge in [0.25, 0.3) is 0 Å². The molecule has 2 unspecified atom stereocenters. The predicted molar refractivity (Wildman–Crippen MR) is 107 cm³/mol. The summed E-state index contributed by atoms with van der Waals surface area (Å²) in [4.78, 5) is 9.16. The second kappa shape index (κ2) is 10.0. The molecule has 6 nitrogen and oxygen atoms in total. The Morgan fingerprint density at radius 2 is 1.96 bits per heavy atom. The lowest BCUT2D eigenvalue weighted by molar-refractivity contribution is 0.0170. The number of hydrogen-bond donors (Lipinski definition) is 2. The fraction of sp³-hybridized carbons (Fsp3) is 0.650. The molecule has 1 aromatic rings. The highest BCUT2D eigenvalue weighted by Gasteiger charge is 2.24. The molecule has 1 aromatic carbocycles. The lowest BCUT2D eigenvalue weighted by atomic mass is 10.0. The van der Waals surface area contributed by atoms with Crippen molar-refractivity contribution in [2.75, 3.05) is 60.0 Å². The first kappa shape index (κ1) is 20.0. The van der Waals surface area contributed by atoms with Gasteiger partial charge >= 0.3 is 0 Å². The van der Waals surface area contributed by atoms with Gasteiger partial charge in [-0.05, 0) is 44.1 Å². The zero-order chi connectivity index (χ0) is 19.1. The molecule has 0 bridgehead atoms. The highest BCUT2D eigenvalue weighted by atomic mass is 19.1. The molecular formula is C20H32FN5O. The largest absolute Gasteiger partial charge is 0.379 e. The van der Waals surface area contributed by atoms with E-state index in [2.05, 4.69) is 32.5 Å². The SMILES string of the molecule is CN=C(NCC1CCCN1C)NCC(c1ccc(F)cc1)N1CCOCC1. The zero-order valence-corrected chi connectivity index (χ0v) is 16.5. The Hall–Kier alpha value is -1.70. The van der Waals surface area contributed by atoms with Crippen LogP contribution < -0.4 is 10.6 Å². The van der Waals surface area contributed by atoms with Crippen molar-refractivity contribution in [1.82, 2.24) is 20.4 Å². The Kier molecular flexibility index (Phi) is 7.43. The maximum atomic E-state index is 13.4. The summed E-state index contributed by atoms with van der Waals surface area (Å²) in [5, 5.41) is 6.92. The van der Waals surface area contributed by atoms with Gasteiger partial charge in [-0.3, -0.25) is 9.89 Å². The molecule has 2 saturated heterocycles. The van der Waals surface area contributed by atoms with Crippen LogP contribution in [-0.2, 0) is 4.74 Å². The molecule has 2 aliphatic rings. The van der Waals surface area contributed by atoms with Crippen molar-refractivity contribution in [1.29, 1.82) is 0 Å². The summed E-state index contributed by atoms with van der Waals surface area (Å²) >= 11 is 0. The summed E-state index contributed by atoms with van der Waals surface area (Å²) in [6.45, 7) is 6.01. The third-order valence-corrected chi connectivity index (χ3v) is 5.60. The van der Waals surface area contributed by atoms with Crippen LogP contribution in [0.1, 0.15) is 24.4 Å². The van der Waals surface area contributed by atoms with Crippen molar-refractivity contribution < 1.29 is 9.13 Å². The summed E-state index contributed by atoms with van der Waals surface area (Å²) in [5.74, 6) is 0.612. The zero-order valence-electron chi connectivity index (χ0n) is 16.5. The van der Waals surface area contributed by atoms with E-state index >= 15 is 0 Å². The maximum absolute atomic E-state index is 13.4. The lowest BCUT2D eigenvalue weighted by Gasteiger charge is -2.35. The van der Waals surface area contributed by atoms with Crippen LogP contribution in [0.3, 0.4) is 0 Å². The minimum absolute atomic E-state index is 0.155. The Balaban J connectivity index is 1.59. The van der Waals surface area contributed by atoms with Gasteiger partial charge in [-0.2, -0.15) is 0 Å². The van der Waals surface area contributed by atoms with E-state index in [4.69, 9.17) is 4.74 Å². The van der Waals surface area contributed by atoms with Crippen molar-refractivity contribution in [3.8, 4) is 0 Å². The molecule has 2 aliphatic heterocycles. The van der Waals surface area contributed by atoms with Crippen molar-refractivity contribution in [3.63, 3.8) is 0 Å². The van der Waals surface area contributed by atoms with Crippen LogP contribution in [0, 0.1) is 5.82 Å². The summed E-state index contributed by atoms with van der Waals surface area (Å²) < 4.78 is 18.9. The van der Waals surface area contributed by atoms with Gasteiger partial charge in [0, 0.05) is 39.3 Å². The minimum atomic E-state index is -0.203. The number of likely N-dealkylation sites (N-methyl/N-ethyl adjacent to an activating group) is 1. The molecule has 0 aromatic heterocycles. The van der Waals surface area contributed by atoms with Gasteiger partial charge in [-0.25, -0.2) is 4.39 Å². The number of nitrogens with one attached hydrogen (secondary N) is 2. The first-order chi connectivity index (χ1) is 13.2. The smallest absolute Gasteiger partial charge is 0.191 e. The molecule has 2 heterocycles. The van der Waals surface area contributed by atoms with Crippen molar-refractivity contribution in [2.24, 2.45) is 4.99 Å². The average molecular weight is 378 g/mol. The van der Waals surface area contributed by atoms with E-state index in [-0.39, 0.29) is 11.9 Å². The fourth-order valence-corrected chi connectivity index (χ4v) is 3.90. The first-order valence-electron chi connectivity index (χ1n) is 9.89. The summed E-state index contributed by atoms with van der Waals surface area (Å²) in [6.07, 6.45) is 2.49. The van der Waals surface area contributed by atoms with E-state index in [1.165, 1.54) is 31.5 Å². The molecule has 0 amide bonds. The fourth-order valence-electron chi connectivity index (χ4n) is 3.90. The molecule has 150 valence electrons. The van der Waals surface area contributed by atoms with Crippen molar-refractivity contribution in [2.45, 2.75) is 24.9 Å². The molecule has 27 heavy (non-hydrogen) atoms. The number of rotatable bonds is 6. The molecule has 0 spiro atoms. The molecule has 7 heteroatoms. The normalized spacial score (nSPS) is 23.4. The maximum Gasteiger partial charge on any atom is 0.191 e. The minimum Gasteiger partial charge on any atom is -0.379 e. The van der Waals surface area contributed by atoms with Crippen LogP contribution >= 0.6 is 0 Å². The number of aliphatic imine (C=N–C) groups is 1. The third-order valence-electron chi connectivity index (χ3n) is 5.60. The van der Waals surface area contributed by atoms with E-state index in [1.807, 2.05) is 12.1 Å². The molecule has 0 aliphatic carbocycles. The Bertz CT molecular complexity index is 603. The average Bonchev–Trinajstić information content (AvgIpc) is 3.11. The van der Waals surface area contributed by atoms with Gasteiger partial charge in [0.15, 0.2) is 5.96 Å². The van der Waals surface area contributed by atoms with Gasteiger partial charge in [0.05, 0.1) is 19.3 Å². The van der Waals surface area contributed by atoms with E-state index in [9.17, 15) is 4.39 Å². The predicted octanol–water partition coefficient (Wildman–Crippen LogP) is 1.46. The number of morpholine rings is 1. The lowest BCUT2D eigenvalue weighted by Crippen LogP contribution is -2.48. The number of ether oxygens (including phenoxy) is 1. The topological polar surface area (TPSA) is 52.1 Å². The van der Waals surface area contributed by atoms with Crippen LogP contribution in [0.2, 0.25) is 0 Å². The Labute approximate surface area is 161 Å². The number of likely N-dealkylation sites (tertiary alicyclic amines) is 1. The monoisotopic (exact) mass is 377 g/mol.